The van der Waals surface area contributed by atoms with Crippen molar-refractivity contribution in [2.24, 2.45) is 4.99 Å². The van der Waals surface area contributed by atoms with Gasteiger partial charge in [-0.25, -0.2) is 13.2 Å². The van der Waals surface area contributed by atoms with E-state index < -0.39 is 58.3 Å². The maximum absolute atomic E-state index is 12.4. The van der Waals surface area contributed by atoms with E-state index in [4.69, 9.17) is 9.84 Å². The first-order valence-corrected chi connectivity index (χ1v) is 11.1. The van der Waals surface area contributed by atoms with Crippen LogP contribution in [0.4, 0.5) is 18.9 Å². The summed E-state index contributed by atoms with van der Waals surface area (Å²) in [5.74, 6) is -2.81. The Labute approximate surface area is 172 Å². The maximum atomic E-state index is 12.4. The number of carbonyl (C=O) groups excluding carboxylic acids is 1. The number of carbonyl (C=O) groups is 2. The first kappa shape index (κ1) is 22.4. The molecule has 0 aromatic heterocycles. The molecule has 2 saturated heterocycles. The summed E-state index contributed by atoms with van der Waals surface area (Å²) in [6.45, 7) is -1.27. The molecule has 2 atom stereocenters. The Kier molecular flexibility index (Phi) is 6.29. The maximum Gasteiger partial charge on any atom is 0.573 e. The van der Waals surface area contributed by atoms with Gasteiger partial charge in [-0.1, -0.05) is 11.8 Å². The fraction of sp³-hybridized carbons (Fsp3) is 0.438. The molecule has 1 amide bonds. The zero-order valence-electron chi connectivity index (χ0n) is 15.0. The number of hydrogen-bond donors (Lipinski definition) is 1. The number of thioether (sulfide) groups is 1. The molecule has 2 aliphatic heterocycles. The van der Waals surface area contributed by atoms with Crippen molar-refractivity contribution in [3.05, 3.63) is 24.3 Å². The van der Waals surface area contributed by atoms with Gasteiger partial charge in [-0.05, 0) is 24.3 Å². The van der Waals surface area contributed by atoms with E-state index in [-0.39, 0.29) is 16.7 Å². The average molecular weight is 468 g/mol. The molecule has 9 nitrogen and oxygen atoms in total. The van der Waals surface area contributed by atoms with Gasteiger partial charge in [0.15, 0.2) is 15.0 Å². The number of fused-ring (bicyclic) bond motifs is 1. The third kappa shape index (κ3) is 5.64. The highest BCUT2D eigenvalue weighted by Gasteiger charge is 2.49. The molecule has 0 radical (unpaired) electrons. The Morgan fingerprint density at radius 1 is 1.20 bits per heavy atom. The molecule has 1 N–H and O–H groups in total. The molecular formula is C16H15F3N2O7S2. The van der Waals surface area contributed by atoms with Crippen molar-refractivity contribution in [1.29, 1.82) is 0 Å². The van der Waals surface area contributed by atoms with E-state index in [9.17, 15) is 31.2 Å². The largest absolute Gasteiger partial charge is 0.573 e. The number of benzene rings is 1. The van der Waals surface area contributed by atoms with Crippen LogP contribution >= 0.6 is 11.8 Å². The molecule has 2 unspecified atom stereocenters. The van der Waals surface area contributed by atoms with Gasteiger partial charge in [0.1, 0.15) is 19.0 Å². The second-order valence-corrected chi connectivity index (χ2v) is 9.75. The Morgan fingerprint density at radius 2 is 1.87 bits per heavy atom. The Bertz CT molecular complexity index is 964. The number of halogens is 3. The molecule has 1 aromatic carbocycles. The van der Waals surface area contributed by atoms with E-state index in [2.05, 4.69) is 9.73 Å². The van der Waals surface area contributed by atoms with E-state index in [0.717, 1.165) is 23.9 Å². The van der Waals surface area contributed by atoms with Crippen molar-refractivity contribution in [1.82, 2.24) is 0 Å². The number of ether oxygens (including phenoxy) is 2. The van der Waals surface area contributed by atoms with Gasteiger partial charge in [0.2, 0.25) is 0 Å². The van der Waals surface area contributed by atoms with Crippen molar-refractivity contribution in [2.45, 2.75) is 17.7 Å². The van der Waals surface area contributed by atoms with Crippen LogP contribution in [0.3, 0.4) is 0 Å². The van der Waals surface area contributed by atoms with Crippen LogP contribution in [0.25, 0.3) is 0 Å². The van der Waals surface area contributed by atoms with Crippen LogP contribution in [-0.2, 0) is 24.2 Å². The van der Waals surface area contributed by atoms with Crippen LogP contribution in [0.1, 0.15) is 0 Å². The topological polar surface area (TPSA) is 123 Å². The predicted octanol–water partition coefficient (Wildman–Crippen LogP) is 1.29. The summed E-state index contributed by atoms with van der Waals surface area (Å²) in [5.41, 5.74) is 0.333. The first-order valence-electron chi connectivity index (χ1n) is 8.37. The van der Waals surface area contributed by atoms with E-state index in [1.54, 1.807) is 0 Å². The van der Waals surface area contributed by atoms with E-state index in [0.29, 0.717) is 5.69 Å². The number of rotatable bonds is 6. The molecule has 14 heteroatoms. The minimum absolute atomic E-state index is 0.128. The summed E-state index contributed by atoms with van der Waals surface area (Å²) in [6, 6.07) is 4.19. The molecule has 164 valence electrons. The number of aliphatic carboxylic acids is 1. The number of alkyl halides is 3. The van der Waals surface area contributed by atoms with Crippen molar-refractivity contribution in [3.63, 3.8) is 0 Å². The number of carboxylic acids is 1. The minimum atomic E-state index is -4.86. The quantitative estimate of drug-likeness (QED) is 0.658. The normalized spacial score (nSPS) is 24.1. The van der Waals surface area contributed by atoms with Crippen LogP contribution < -0.4 is 9.64 Å². The van der Waals surface area contributed by atoms with E-state index in [1.165, 1.54) is 17.0 Å². The number of sulfone groups is 1. The van der Waals surface area contributed by atoms with E-state index in [1.807, 2.05) is 0 Å². The molecule has 0 spiro atoms. The molecule has 0 saturated carbocycles. The first-order chi connectivity index (χ1) is 13.9. The number of aliphatic imine (C=N–C) groups is 1. The number of anilines is 1. The van der Waals surface area contributed by atoms with Gasteiger partial charge in [-0.15, -0.1) is 13.2 Å². The van der Waals surface area contributed by atoms with Gasteiger partial charge in [-0.2, -0.15) is 4.99 Å². The van der Waals surface area contributed by atoms with Crippen LogP contribution in [0.5, 0.6) is 5.75 Å². The number of carboxylic acid groups (broad SMARTS) is 1. The highest BCUT2D eigenvalue weighted by molar-refractivity contribution is 8.16. The average Bonchev–Trinajstić information content (AvgIpc) is 3.05. The zero-order chi connectivity index (χ0) is 22.1. The van der Waals surface area contributed by atoms with Gasteiger partial charge < -0.3 is 19.5 Å². The second kappa shape index (κ2) is 8.43. The Hall–Kier alpha value is -2.32. The van der Waals surface area contributed by atoms with Gasteiger partial charge >= 0.3 is 12.3 Å². The van der Waals surface area contributed by atoms with Crippen molar-refractivity contribution < 1.29 is 45.8 Å². The summed E-state index contributed by atoms with van der Waals surface area (Å²) in [5, 5.41) is 8.28. The molecule has 0 aliphatic carbocycles. The van der Waals surface area contributed by atoms with Gasteiger partial charge in [0, 0.05) is 10.9 Å². The molecule has 2 fully saturated rings. The number of nitrogens with zero attached hydrogens (tertiary/aromatic N) is 2. The SMILES string of the molecule is O=C(O)COCC(=O)N=C1SC2CS(=O)(=O)CC2N1c1ccc(OC(F)(F)F)cc1. The van der Waals surface area contributed by atoms with Gasteiger partial charge in [0.05, 0.1) is 17.5 Å². The molecule has 3 rings (SSSR count). The lowest BCUT2D eigenvalue weighted by Gasteiger charge is -2.24. The molecule has 30 heavy (non-hydrogen) atoms. The number of amidine groups is 1. The molecule has 2 heterocycles. The second-order valence-electron chi connectivity index (χ2n) is 6.39. The van der Waals surface area contributed by atoms with Gasteiger partial charge in [0.25, 0.3) is 5.91 Å². The lowest BCUT2D eigenvalue weighted by molar-refractivity contribution is -0.274. The minimum Gasteiger partial charge on any atom is -0.480 e. The summed E-state index contributed by atoms with van der Waals surface area (Å²) in [7, 11) is -3.32. The monoisotopic (exact) mass is 468 g/mol. The van der Waals surface area contributed by atoms with Crippen LogP contribution in [0.2, 0.25) is 0 Å². The molecule has 1 aromatic rings. The smallest absolute Gasteiger partial charge is 0.480 e. The zero-order valence-corrected chi connectivity index (χ0v) is 16.7. The molecular weight excluding hydrogens is 453 g/mol. The number of hydrogen-bond acceptors (Lipinski definition) is 7. The lowest BCUT2D eigenvalue weighted by atomic mass is 10.2. The summed E-state index contributed by atoms with van der Waals surface area (Å²) in [4.78, 5) is 27.8. The summed E-state index contributed by atoms with van der Waals surface area (Å²) < 4.78 is 69.6. The highest BCUT2D eigenvalue weighted by atomic mass is 32.2. The third-order valence-electron chi connectivity index (χ3n) is 4.09. The van der Waals surface area contributed by atoms with Crippen molar-refractivity contribution >= 4 is 44.3 Å². The number of amides is 1. The Balaban J connectivity index is 1.83. The van der Waals surface area contributed by atoms with Crippen molar-refractivity contribution in [2.75, 3.05) is 29.6 Å². The van der Waals surface area contributed by atoms with Gasteiger partial charge in [-0.3, -0.25) is 4.79 Å². The molecule has 2 aliphatic rings. The third-order valence-corrected chi connectivity index (χ3v) is 7.30. The van der Waals surface area contributed by atoms with Crippen LogP contribution in [0, 0.1) is 0 Å². The van der Waals surface area contributed by atoms with Crippen LogP contribution in [-0.4, -0.2) is 72.9 Å². The fourth-order valence-corrected chi connectivity index (χ4v) is 6.97. The van der Waals surface area contributed by atoms with Crippen LogP contribution in [0.15, 0.2) is 29.3 Å². The van der Waals surface area contributed by atoms with Crippen molar-refractivity contribution in [3.8, 4) is 5.75 Å². The van der Waals surface area contributed by atoms with E-state index >= 15 is 0 Å². The Morgan fingerprint density at radius 3 is 2.47 bits per heavy atom. The lowest BCUT2D eigenvalue weighted by Crippen LogP contribution is -2.37. The standard InChI is InChI=1S/C16H15F3N2O7S2/c17-16(18,19)28-10-3-1-9(2-4-10)21-11-7-30(25,26)8-12(11)29-15(21)20-13(22)5-27-6-14(23)24/h1-4,11-12H,5-8H2,(H,23,24). The summed E-state index contributed by atoms with van der Waals surface area (Å²) in [6.07, 6.45) is -4.86. The predicted molar refractivity (Wildman–Crippen MR) is 100 cm³/mol. The molecule has 0 bridgehead atoms. The highest BCUT2D eigenvalue weighted by Crippen LogP contribution is 2.41. The fourth-order valence-electron chi connectivity index (χ4n) is 3.04. The summed E-state index contributed by atoms with van der Waals surface area (Å²) >= 11 is 1.06.